The number of hydrogen-bond acceptors (Lipinski definition) is 4. The molecule has 0 aliphatic heterocycles. The van der Waals surface area contributed by atoms with E-state index in [1.807, 2.05) is 31.2 Å². The summed E-state index contributed by atoms with van der Waals surface area (Å²) in [5, 5.41) is 2.65. The van der Waals surface area contributed by atoms with E-state index >= 15 is 0 Å². The zero-order valence-electron chi connectivity index (χ0n) is 13.2. The van der Waals surface area contributed by atoms with Crippen LogP contribution in [0.2, 0.25) is 0 Å². The van der Waals surface area contributed by atoms with E-state index in [4.69, 9.17) is 4.42 Å². The monoisotopic (exact) mass is 336 g/mol. The largest absolute Gasteiger partial charge is 0.467 e. The third kappa shape index (κ3) is 5.54. The molecule has 0 bridgehead atoms. The molecule has 2 aromatic rings. The molecule has 0 saturated heterocycles. The molecule has 1 heterocycles. The average Bonchev–Trinajstić information content (AvgIpc) is 2.97. The van der Waals surface area contributed by atoms with E-state index in [1.165, 1.54) is 6.26 Å². The smallest absolute Gasteiger partial charge is 0.235 e. The molecule has 0 unspecified atom stereocenters. The molecule has 6 nitrogen and oxygen atoms in total. The lowest BCUT2D eigenvalue weighted by atomic mass is 10.1. The molecule has 2 rings (SSSR count). The van der Waals surface area contributed by atoms with Crippen LogP contribution in [0.3, 0.4) is 0 Å². The van der Waals surface area contributed by atoms with Gasteiger partial charge in [0.25, 0.3) is 0 Å². The van der Waals surface area contributed by atoms with Crippen molar-refractivity contribution < 1.29 is 17.6 Å². The molecule has 0 aliphatic carbocycles. The number of rotatable bonds is 7. The Hall–Kier alpha value is -2.12. The number of carbonyl (C=O) groups excluding carboxylic acids is 1. The van der Waals surface area contributed by atoms with Crippen molar-refractivity contribution >= 4 is 15.9 Å². The SMILES string of the molecule is Cc1cccc(CN(CC(=O)NCc2ccco2)S(C)(=O)=O)c1. The summed E-state index contributed by atoms with van der Waals surface area (Å²) in [4.78, 5) is 12.0. The zero-order chi connectivity index (χ0) is 16.9. The van der Waals surface area contributed by atoms with Crippen LogP contribution < -0.4 is 5.32 Å². The molecule has 23 heavy (non-hydrogen) atoms. The lowest BCUT2D eigenvalue weighted by Gasteiger charge is -2.19. The van der Waals surface area contributed by atoms with Gasteiger partial charge in [0, 0.05) is 6.54 Å². The molecule has 0 aliphatic rings. The molecule has 0 atom stereocenters. The van der Waals surface area contributed by atoms with E-state index in [9.17, 15) is 13.2 Å². The van der Waals surface area contributed by atoms with Gasteiger partial charge in [-0.2, -0.15) is 4.31 Å². The summed E-state index contributed by atoms with van der Waals surface area (Å²) in [5.41, 5.74) is 1.88. The lowest BCUT2D eigenvalue weighted by Crippen LogP contribution is -2.39. The van der Waals surface area contributed by atoms with Gasteiger partial charge in [0.2, 0.25) is 15.9 Å². The van der Waals surface area contributed by atoms with Crippen molar-refractivity contribution in [3.63, 3.8) is 0 Å². The van der Waals surface area contributed by atoms with Crippen LogP contribution in [0.25, 0.3) is 0 Å². The number of nitrogens with one attached hydrogen (secondary N) is 1. The normalized spacial score (nSPS) is 11.6. The van der Waals surface area contributed by atoms with Crippen molar-refractivity contribution in [3.8, 4) is 0 Å². The third-order valence-corrected chi connectivity index (χ3v) is 4.47. The van der Waals surface area contributed by atoms with Crippen molar-refractivity contribution in [2.24, 2.45) is 0 Å². The summed E-state index contributed by atoms with van der Waals surface area (Å²) < 4.78 is 30.1. The fraction of sp³-hybridized carbons (Fsp3) is 0.312. The predicted molar refractivity (Wildman–Crippen MR) is 87.0 cm³/mol. The maximum Gasteiger partial charge on any atom is 0.235 e. The first-order valence-corrected chi connectivity index (χ1v) is 8.99. The Labute approximate surface area is 136 Å². The highest BCUT2D eigenvalue weighted by atomic mass is 32.2. The molecular formula is C16H20N2O4S. The van der Waals surface area contributed by atoms with Crippen LogP contribution in [-0.2, 0) is 27.9 Å². The summed E-state index contributed by atoms with van der Waals surface area (Å²) in [7, 11) is -3.49. The second kappa shape index (κ2) is 7.43. The Morgan fingerprint density at radius 2 is 2.04 bits per heavy atom. The number of carbonyl (C=O) groups is 1. The van der Waals surface area contributed by atoms with Crippen molar-refractivity contribution in [1.82, 2.24) is 9.62 Å². The highest BCUT2D eigenvalue weighted by Gasteiger charge is 2.20. The Morgan fingerprint density at radius 3 is 2.65 bits per heavy atom. The number of amides is 1. The topological polar surface area (TPSA) is 79.6 Å². The first-order valence-electron chi connectivity index (χ1n) is 7.14. The van der Waals surface area contributed by atoms with Gasteiger partial charge in [0.05, 0.1) is 25.6 Å². The molecule has 0 spiro atoms. The van der Waals surface area contributed by atoms with Crippen LogP contribution in [0.4, 0.5) is 0 Å². The van der Waals surface area contributed by atoms with Gasteiger partial charge in [-0.15, -0.1) is 0 Å². The van der Waals surface area contributed by atoms with Gasteiger partial charge in [0.15, 0.2) is 0 Å². The molecule has 1 aromatic carbocycles. The minimum Gasteiger partial charge on any atom is -0.467 e. The maximum absolute atomic E-state index is 12.0. The molecule has 0 fully saturated rings. The summed E-state index contributed by atoms with van der Waals surface area (Å²) >= 11 is 0. The second-order valence-corrected chi connectivity index (χ2v) is 7.36. The van der Waals surface area contributed by atoms with Crippen molar-refractivity contribution in [1.29, 1.82) is 0 Å². The van der Waals surface area contributed by atoms with Crippen LogP contribution in [0, 0.1) is 6.92 Å². The summed E-state index contributed by atoms with van der Waals surface area (Å²) in [6.45, 7) is 2.10. The number of benzene rings is 1. The average molecular weight is 336 g/mol. The standard InChI is InChI=1S/C16H20N2O4S/c1-13-5-3-6-14(9-13)11-18(23(2,20)21)12-16(19)17-10-15-7-4-8-22-15/h3-9H,10-12H2,1-2H3,(H,17,19). The molecular weight excluding hydrogens is 316 g/mol. The van der Waals surface area contributed by atoms with Crippen LogP contribution in [0.1, 0.15) is 16.9 Å². The van der Waals surface area contributed by atoms with Crippen molar-refractivity contribution in [2.75, 3.05) is 12.8 Å². The fourth-order valence-corrected chi connectivity index (χ4v) is 2.85. The molecule has 124 valence electrons. The second-order valence-electron chi connectivity index (χ2n) is 5.38. The number of sulfonamides is 1. The molecule has 1 N–H and O–H groups in total. The minimum atomic E-state index is -3.49. The van der Waals surface area contributed by atoms with E-state index in [0.717, 1.165) is 21.7 Å². The third-order valence-electron chi connectivity index (χ3n) is 3.27. The first kappa shape index (κ1) is 17.2. The fourth-order valence-electron chi connectivity index (χ4n) is 2.12. The number of furan rings is 1. The van der Waals surface area contributed by atoms with Gasteiger partial charge in [-0.1, -0.05) is 29.8 Å². The molecule has 1 aromatic heterocycles. The molecule has 1 amide bonds. The van der Waals surface area contributed by atoms with Crippen molar-refractivity contribution in [2.45, 2.75) is 20.0 Å². The summed E-state index contributed by atoms with van der Waals surface area (Å²) in [6, 6.07) is 11.0. The number of hydrogen-bond donors (Lipinski definition) is 1. The summed E-state index contributed by atoms with van der Waals surface area (Å²) in [6.07, 6.45) is 2.62. The van der Waals surface area contributed by atoms with Gasteiger partial charge in [-0.25, -0.2) is 8.42 Å². The lowest BCUT2D eigenvalue weighted by molar-refractivity contribution is -0.121. The predicted octanol–water partition coefficient (Wildman–Crippen LogP) is 1.67. The Bertz CT molecular complexity index is 754. The van der Waals surface area contributed by atoms with Crippen LogP contribution >= 0.6 is 0 Å². The van der Waals surface area contributed by atoms with Gasteiger partial charge >= 0.3 is 0 Å². The molecule has 7 heteroatoms. The summed E-state index contributed by atoms with van der Waals surface area (Å²) in [5.74, 6) is 0.238. The van der Waals surface area contributed by atoms with E-state index < -0.39 is 10.0 Å². The van der Waals surface area contributed by atoms with E-state index in [1.54, 1.807) is 12.1 Å². The minimum absolute atomic E-state index is 0.161. The quantitative estimate of drug-likeness (QED) is 0.834. The highest BCUT2D eigenvalue weighted by molar-refractivity contribution is 7.88. The van der Waals surface area contributed by atoms with Gasteiger partial charge in [-0.3, -0.25) is 4.79 Å². The van der Waals surface area contributed by atoms with Gasteiger partial charge < -0.3 is 9.73 Å². The van der Waals surface area contributed by atoms with E-state index in [0.29, 0.717) is 5.76 Å². The van der Waals surface area contributed by atoms with Gasteiger partial charge in [0.1, 0.15) is 5.76 Å². The van der Waals surface area contributed by atoms with Crippen LogP contribution in [0.15, 0.2) is 47.1 Å². The van der Waals surface area contributed by atoms with Crippen molar-refractivity contribution in [3.05, 3.63) is 59.5 Å². The number of nitrogens with zero attached hydrogens (tertiary/aromatic N) is 1. The van der Waals surface area contributed by atoms with Crippen LogP contribution in [0.5, 0.6) is 0 Å². The molecule has 0 radical (unpaired) electrons. The molecule has 0 saturated carbocycles. The zero-order valence-corrected chi connectivity index (χ0v) is 14.0. The first-order chi connectivity index (χ1) is 10.8. The van der Waals surface area contributed by atoms with Gasteiger partial charge in [-0.05, 0) is 24.6 Å². The van der Waals surface area contributed by atoms with E-state index in [-0.39, 0.29) is 25.5 Å². The maximum atomic E-state index is 12.0. The highest BCUT2D eigenvalue weighted by Crippen LogP contribution is 2.10. The number of aryl methyl sites for hydroxylation is 1. The Morgan fingerprint density at radius 1 is 1.26 bits per heavy atom. The Balaban J connectivity index is 1.99. The Kier molecular flexibility index (Phi) is 5.57. The van der Waals surface area contributed by atoms with Crippen LogP contribution in [-0.4, -0.2) is 31.4 Å². The van der Waals surface area contributed by atoms with E-state index in [2.05, 4.69) is 5.32 Å².